The van der Waals surface area contributed by atoms with E-state index in [1.807, 2.05) is 0 Å². The summed E-state index contributed by atoms with van der Waals surface area (Å²) in [7, 11) is 1.56. The van der Waals surface area contributed by atoms with Crippen molar-refractivity contribution >= 4 is 39.9 Å². The number of thiophene rings is 1. The fourth-order valence-electron chi connectivity index (χ4n) is 3.13. The molecule has 1 aromatic carbocycles. The van der Waals surface area contributed by atoms with Crippen molar-refractivity contribution in [2.45, 2.75) is 30.6 Å². The fraction of sp³-hybridized carbons (Fsp3) is 0.400. The minimum Gasteiger partial charge on any atom is -0.383 e. The maximum absolute atomic E-state index is 13.3. The average molecular weight is 441 g/mol. The lowest BCUT2D eigenvalue weighted by molar-refractivity contribution is -0.113. The zero-order valence-electron chi connectivity index (χ0n) is 16.0. The largest absolute Gasteiger partial charge is 0.383 e. The Labute approximate surface area is 176 Å². The van der Waals surface area contributed by atoms with Crippen LogP contribution < -0.4 is 10.6 Å². The second kappa shape index (κ2) is 10.2. The molecule has 2 N–H and O–H groups in total. The fourth-order valence-corrected chi connectivity index (χ4v) is 5.15. The molecule has 9 heteroatoms. The molecular weight excluding hydrogens is 418 g/mol. The van der Waals surface area contributed by atoms with Crippen LogP contribution in [0.25, 0.3) is 0 Å². The number of hydrogen-bond donors (Lipinski definition) is 2. The molecule has 0 aliphatic heterocycles. The summed E-state index contributed by atoms with van der Waals surface area (Å²) in [6, 6.07) is 3.52. The highest BCUT2D eigenvalue weighted by Crippen LogP contribution is 2.38. The molecule has 0 unspecified atom stereocenters. The van der Waals surface area contributed by atoms with E-state index in [4.69, 9.17) is 4.74 Å². The van der Waals surface area contributed by atoms with Gasteiger partial charge in [0.05, 0.1) is 17.9 Å². The van der Waals surface area contributed by atoms with Crippen LogP contribution in [-0.4, -0.2) is 37.8 Å². The van der Waals surface area contributed by atoms with Crippen molar-refractivity contribution < 1.29 is 23.1 Å². The molecule has 0 fully saturated rings. The first kappa shape index (κ1) is 21.7. The van der Waals surface area contributed by atoms with Crippen molar-refractivity contribution in [2.75, 3.05) is 31.3 Å². The molecule has 1 aliphatic carbocycles. The topological polar surface area (TPSA) is 67.4 Å². The highest BCUT2D eigenvalue weighted by Gasteiger charge is 2.26. The van der Waals surface area contributed by atoms with Crippen molar-refractivity contribution in [1.29, 1.82) is 0 Å². The Morgan fingerprint density at radius 3 is 2.76 bits per heavy atom. The van der Waals surface area contributed by atoms with Gasteiger partial charge in [-0.2, -0.15) is 0 Å². The Kier molecular flexibility index (Phi) is 7.63. The summed E-state index contributed by atoms with van der Waals surface area (Å²) < 4.78 is 31.3. The summed E-state index contributed by atoms with van der Waals surface area (Å²) >= 11 is 2.55. The third-order valence-electron chi connectivity index (χ3n) is 4.50. The number of amides is 2. The number of carbonyl (C=O) groups excluding carboxylic acids is 2. The first-order valence-electron chi connectivity index (χ1n) is 9.29. The van der Waals surface area contributed by atoms with Gasteiger partial charge in [-0.1, -0.05) is 0 Å². The number of anilines is 1. The van der Waals surface area contributed by atoms with E-state index in [1.165, 1.54) is 17.4 Å². The van der Waals surface area contributed by atoms with Crippen LogP contribution in [0, 0.1) is 11.6 Å². The van der Waals surface area contributed by atoms with Crippen LogP contribution in [0.3, 0.4) is 0 Å². The van der Waals surface area contributed by atoms with Crippen molar-refractivity contribution in [3.05, 3.63) is 45.8 Å². The molecule has 5 nitrogen and oxygen atoms in total. The number of ether oxygens (including phenoxy) is 1. The van der Waals surface area contributed by atoms with Gasteiger partial charge in [-0.05, 0) is 49.4 Å². The van der Waals surface area contributed by atoms with Gasteiger partial charge in [-0.3, -0.25) is 9.59 Å². The van der Waals surface area contributed by atoms with E-state index in [2.05, 4.69) is 10.6 Å². The number of methoxy groups -OCH3 is 1. The monoisotopic (exact) mass is 440 g/mol. The van der Waals surface area contributed by atoms with E-state index in [0.717, 1.165) is 60.0 Å². The molecule has 1 aliphatic rings. The number of fused-ring (bicyclic) bond motifs is 1. The molecule has 0 radical (unpaired) electrons. The smallest absolute Gasteiger partial charge is 0.254 e. The molecular formula is C20H22F2N2O3S2. The predicted octanol–water partition coefficient (Wildman–Crippen LogP) is 4.01. The lowest BCUT2D eigenvalue weighted by atomic mass is 9.95. The maximum atomic E-state index is 13.3. The van der Waals surface area contributed by atoms with Crippen LogP contribution in [0.2, 0.25) is 0 Å². The Balaban J connectivity index is 1.70. The number of halogens is 2. The number of benzene rings is 1. The van der Waals surface area contributed by atoms with Gasteiger partial charge in [0.15, 0.2) is 11.6 Å². The van der Waals surface area contributed by atoms with E-state index in [-0.39, 0.29) is 17.6 Å². The van der Waals surface area contributed by atoms with E-state index in [9.17, 15) is 18.4 Å². The molecule has 1 aromatic heterocycles. The molecule has 2 amide bonds. The van der Waals surface area contributed by atoms with Crippen LogP contribution in [0.15, 0.2) is 23.1 Å². The summed E-state index contributed by atoms with van der Waals surface area (Å²) in [6.45, 7) is 0.796. The molecule has 3 rings (SSSR count). The third-order valence-corrected chi connectivity index (χ3v) is 6.71. The van der Waals surface area contributed by atoms with Crippen molar-refractivity contribution in [3.63, 3.8) is 0 Å². The summed E-state index contributed by atoms with van der Waals surface area (Å²) in [5, 5.41) is 6.21. The van der Waals surface area contributed by atoms with Gasteiger partial charge in [0, 0.05) is 23.4 Å². The Hall–Kier alpha value is -1.97. The summed E-state index contributed by atoms with van der Waals surface area (Å²) in [4.78, 5) is 26.7. The molecule has 0 bridgehead atoms. The maximum Gasteiger partial charge on any atom is 0.254 e. The standard InChI is InChI=1S/C20H22F2N2O3S2/c1-27-9-8-23-19(26)18-13-4-2-3-5-16(13)29-20(18)24-17(25)11-28-12-6-7-14(21)15(22)10-12/h6-7,10H,2-5,8-9,11H2,1H3,(H,23,26)(H,24,25). The van der Waals surface area contributed by atoms with Gasteiger partial charge in [-0.15, -0.1) is 23.1 Å². The van der Waals surface area contributed by atoms with Crippen LogP contribution >= 0.6 is 23.1 Å². The van der Waals surface area contributed by atoms with Crippen LogP contribution in [0.5, 0.6) is 0 Å². The van der Waals surface area contributed by atoms with Crippen LogP contribution in [0.1, 0.15) is 33.6 Å². The first-order valence-corrected chi connectivity index (χ1v) is 11.1. The highest BCUT2D eigenvalue weighted by atomic mass is 32.2. The SMILES string of the molecule is COCCNC(=O)c1c(NC(=O)CSc2ccc(F)c(F)c2)sc2c1CCCC2. The van der Waals surface area contributed by atoms with E-state index >= 15 is 0 Å². The Bertz CT molecular complexity index is 902. The van der Waals surface area contributed by atoms with Gasteiger partial charge < -0.3 is 15.4 Å². The summed E-state index contributed by atoms with van der Waals surface area (Å²) in [5.74, 6) is -2.36. The van der Waals surface area contributed by atoms with Gasteiger partial charge in [0.1, 0.15) is 5.00 Å². The zero-order valence-corrected chi connectivity index (χ0v) is 17.6. The number of nitrogens with one attached hydrogen (secondary N) is 2. The molecule has 2 aromatic rings. The number of thioether (sulfide) groups is 1. The van der Waals surface area contributed by atoms with Crippen LogP contribution in [-0.2, 0) is 22.4 Å². The van der Waals surface area contributed by atoms with E-state index in [1.54, 1.807) is 7.11 Å². The molecule has 29 heavy (non-hydrogen) atoms. The van der Waals surface area contributed by atoms with Gasteiger partial charge in [0.25, 0.3) is 5.91 Å². The van der Waals surface area contributed by atoms with E-state index < -0.39 is 11.6 Å². The van der Waals surface area contributed by atoms with Gasteiger partial charge >= 0.3 is 0 Å². The lowest BCUT2D eigenvalue weighted by Gasteiger charge is -2.13. The van der Waals surface area contributed by atoms with Crippen LogP contribution in [0.4, 0.5) is 13.8 Å². The minimum atomic E-state index is -0.948. The average Bonchev–Trinajstić information content (AvgIpc) is 3.06. The lowest BCUT2D eigenvalue weighted by Crippen LogP contribution is -2.29. The summed E-state index contributed by atoms with van der Waals surface area (Å²) in [6.07, 6.45) is 3.80. The second-order valence-electron chi connectivity index (χ2n) is 6.58. The van der Waals surface area contributed by atoms with Gasteiger partial charge in [0.2, 0.25) is 5.91 Å². The molecule has 0 spiro atoms. The quantitative estimate of drug-likeness (QED) is 0.481. The van der Waals surface area contributed by atoms with Crippen molar-refractivity contribution in [3.8, 4) is 0 Å². The van der Waals surface area contributed by atoms with Crippen molar-refractivity contribution in [1.82, 2.24) is 5.32 Å². The Morgan fingerprint density at radius 2 is 2.00 bits per heavy atom. The molecule has 0 atom stereocenters. The molecule has 156 valence electrons. The number of aryl methyl sites for hydroxylation is 1. The van der Waals surface area contributed by atoms with Gasteiger partial charge in [-0.25, -0.2) is 8.78 Å². The minimum absolute atomic E-state index is 0.0262. The number of carbonyl (C=O) groups is 2. The predicted molar refractivity (Wildman–Crippen MR) is 111 cm³/mol. The molecule has 0 saturated heterocycles. The normalized spacial score (nSPS) is 13.1. The first-order chi connectivity index (χ1) is 14.0. The Morgan fingerprint density at radius 1 is 1.21 bits per heavy atom. The van der Waals surface area contributed by atoms with E-state index in [0.29, 0.717) is 28.6 Å². The second-order valence-corrected chi connectivity index (χ2v) is 8.73. The third kappa shape index (κ3) is 5.55. The highest BCUT2D eigenvalue weighted by molar-refractivity contribution is 8.00. The summed E-state index contributed by atoms with van der Waals surface area (Å²) in [5.41, 5.74) is 1.55. The van der Waals surface area contributed by atoms with Crippen molar-refractivity contribution in [2.24, 2.45) is 0 Å². The molecule has 0 saturated carbocycles. The number of rotatable bonds is 8. The number of hydrogen-bond acceptors (Lipinski definition) is 5. The molecule has 1 heterocycles. The zero-order chi connectivity index (χ0) is 20.8.